The molecular formula is C22H22F4N2O2S. The Hall–Kier alpha value is -2.65. The van der Waals surface area contributed by atoms with Crippen LogP contribution in [0.4, 0.5) is 23.2 Å². The number of aliphatic carboxylic acids is 1. The van der Waals surface area contributed by atoms with Gasteiger partial charge < -0.3 is 15.3 Å². The summed E-state index contributed by atoms with van der Waals surface area (Å²) in [7, 11) is 0. The molecule has 166 valence electrons. The zero-order valence-electron chi connectivity index (χ0n) is 16.5. The van der Waals surface area contributed by atoms with E-state index in [1.165, 1.54) is 21.8 Å². The van der Waals surface area contributed by atoms with Gasteiger partial charge in [0.05, 0.1) is 0 Å². The third kappa shape index (κ3) is 6.41. The van der Waals surface area contributed by atoms with Crippen molar-refractivity contribution in [3.8, 4) is 0 Å². The molecule has 0 saturated carbocycles. The van der Waals surface area contributed by atoms with Gasteiger partial charge in [-0.05, 0) is 78.7 Å². The third-order valence-electron chi connectivity index (χ3n) is 5.00. The summed E-state index contributed by atoms with van der Waals surface area (Å²) in [6.07, 6.45) is -2.84. The standard InChI is InChI=1S/C20H21FN2S.C2HF3O2/c21-17-3-1-2-15(12-17)14-23(18-6-9-22-10-7-18)19-4-5-20-16(13-19)8-11-24-20;3-2(4,5)1(6)7/h1-5,8,11-13,18,22H,6-7,9-10,14H2;(H,6,7). The summed E-state index contributed by atoms with van der Waals surface area (Å²) in [6, 6.07) is 16.3. The van der Waals surface area contributed by atoms with Gasteiger partial charge in [-0.3, -0.25) is 0 Å². The van der Waals surface area contributed by atoms with Gasteiger partial charge in [0.15, 0.2) is 0 Å². The predicted octanol–water partition coefficient (Wildman–Crippen LogP) is 5.43. The van der Waals surface area contributed by atoms with Crippen molar-refractivity contribution in [2.75, 3.05) is 18.0 Å². The highest BCUT2D eigenvalue weighted by molar-refractivity contribution is 7.17. The van der Waals surface area contributed by atoms with Crippen LogP contribution in [0.15, 0.2) is 53.9 Å². The number of carbonyl (C=O) groups is 1. The van der Waals surface area contributed by atoms with E-state index in [4.69, 9.17) is 9.90 Å². The first-order chi connectivity index (χ1) is 14.7. The average molecular weight is 454 g/mol. The number of fused-ring (bicyclic) bond motifs is 1. The van der Waals surface area contributed by atoms with E-state index in [2.05, 4.69) is 39.9 Å². The van der Waals surface area contributed by atoms with E-state index in [0.717, 1.165) is 38.0 Å². The van der Waals surface area contributed by atoms with E-state index in [1.54, 1.807) is 23.5 Å². The molecule has 0 bridgehead atoms. The highest BCUT2D eigenvalue weighted by Crippen LogP contribution is 2.30. The summed E-state index contributed by atoms with van der Waals surface area (Å²) in [5.41, 5.74) is 2.26. The lowest BCUT2D eigenvalue weighted by atomic mass is 10.0. The number of piperidine rings is 1. The number of hydrogen-bond donors (Lipinski definition) is 2. The summed E-state index contributed by atoms with van der Waals surface area (Å²) in [6.45, 7) is 2.84. The largest absolute Gasteiger partial charge is 0.490 e. The first-order valence-corrected chi connectivity index (χ1v) is 10.6. The van der Waals surface area contributed by atoms with Crippen molar-refractivity contribution in [1.82, 2.24) is 5.32 Å². The van der Waals surface area contributed by atoms with Crippen molar-refractivity contribution < 1.29 is 27.5 Å². The normalized spacial score (nSPS) is 14.7. The van der Waals surface area contributed by atoms with Crippen molar-refractivity contribution >= 4 is 33.1 Å². The number of rotatable bonds is 4. The summed E-state index contributed by atoms with van der Waals surface area (Å²) in [5.74, 6) is -2.92. The Morgan fingerprint density at radius 1 is 1.13 bits per heavy atom. The number of nitrogens with one attached hydrogen (secondary N) is 1. The van der Waals surface area contributed by atoms with Crippen molar-refractivity contribution in [3.63, 3.8) is 0 Å². The molecule has 0 aliphatic carbocycles. The fraction of sp³-hybridized carbons (Fsp3) is 0.318. The van der Waals surface area contributed by atoms with Crippen molar-refractivity contribution in [2.24, 2.45) is 0 Å². The van der Waals surface area contributed by atoms with Gasteiger partial charge in [-0.25, -0.2) is 9.18 Å². The number of alkyl halides is 3. The molecule has 1 aliphatic rings. The first-order valence-electron chi connectivity index (χ1n) is 9.73. The molecule has 1 fully saturated rings. The molecule has 0 atom stereocenters. The number of carboxylic acids is 1. The lowest BCUT2D eigenvalue weighted by molar-refractivity contribution is -0.192. The van der Waals surface area contributed by atoms with Gasteiger partial charge in [-0.1, -0.05) is 12.1 Å². The van der Waals surface area contributed by atoms with Crippen molar-refractivity contribution in [2.45, 2.75) is 31.6 Å². The van der Waals surface area contributed by atoms with Crippen LogP contribution in [-0.2, 0) is 11.3 Å². The molecule has 31 heavy (non-hydrogen) atoms. The molecule has 2 heterocycles. The van der Waals surface area contributed by atoms with E-state index in [9.17, 15) is 17.6 Å². The summed E-state index contributed by atoms with van der Waals surface area (Å²) in [5, 5.41) is 14.0. The minimum Gasteiger partial charge on any atom is -0.475 e. The average Bonchev–Trinajstić information content (AvgIpc) is 3.20. The number of anilines is 1. The van der Waals surface area contributed by atoms with Gasteiger partial charge in [0.2, 0.25) is 0 Å². The van der Waals surface area contributed by atoms with Crippen LogP contribution >= 0.6 is 11.3 Å². The molecule has 2 aromatic carbocycles. The maximum Gasteiger partial charge on any atom is 0.490 e. The third-order valence-corrected chi connectivity index (χ3v) is 5.90. The second-order valence-corrected chi connectivity index (χ2v) is 8.13. The number of thiophene rings is 1. The Labute approximate surface area is 181 Å². The van der Waals surface area contributed by atoms with Crippen LogP contribution in [0.5, 0.6) is 0 Å². The van der Waals surface area contributed by atoms with Crippen LogP contribution in [0, 0.1) is 5.82 Å². The van der Waals surface area contributed by atoms with Gasteiger partial charge in [0, 0.05) is 23.0 Å². The van der Waals surface area contributed by atoms with Gasteiger partial charge in [-0.15, -0.1) is 11.3 Å². The Morgan fingerprint density at radius 2 is 1.84 bits per heavy atom. The zero-order valence-corrected chi connectivity index (χ0v) is 17.3. The quantitative estimate of drug-likeness (QED) is 0.516. The van der Waals surface area contributed by atoms with Crippen LogP contribution in [0.25, 0.3) is 10.1 Å². The molecule has 0 spiro atoms. The summed E-state index contributed by atoms with van der Waals surface area (Å²) >= 11 is 1.77. The molecule has 2 N–H and O–H groups in total. The molecule has 3 aromatic rings. The number of nitrogens with zero attached hydrogens (tertiary/aromatic N) is 1. The van der Waals surface area contributed by atoms with Gasteiger partial charge >= 0.3 is 12.1 Å². The number of benzene rings is 2. The lowest BCUT2D eigenvalue weighted by Crippen LogP contribution is -2.43. The Bertz CT molecular complexity index is 1020. The second-order valence-electron chi connectivity index (χ2n) is 7.18. The van der Waals surface area contributed by atoms with Gasteiger partial charge in [0.1, 0.15) is 5.82 Å². The Kier molecular flexibility index (Phi) is 7.50. The van der Waals surface area contributed by atoms with E-state index < -0.39 is 12.1 Å². The molecule has 0 radical (unpaired) electrons. The molecule has 1 aromatic heterocycles. The fourth-order valence-corrected chi connectivity index (χ4v) is 4.29. The van der Waals surface area contributed by atoms with Crippen LogP contribution < -0.4 is 10.2 Å². The molecule has 1 aliphatic heterocycles. The maximum absolute atomic E-state index is 13.6. The van der Waals surface area contributed by atoms with Crippen LogP contribution in [0.2, 0.25) is 0 Å². The molecule has 0 unspecified atom stereocenters. The molecule has 4 rings (SSSR count). The topological polar surface area (TPSA) is 52.6 Å². The van der Waals surface area contributed by atoms with Crippen LogP contribution in [0.1, 0.15) is 18.4 Å². The smallest absolute Gasteiger partial charge is 0.475 e. The highest BCUT2D eigenvalue weighted by atomic mass is 32.1. The molecular weight excluding hydrogens is 432 g/mol. The van der Waals surface area contributed by atoms with Crippen LogP contribution in [-0.4, -0.2) is 36.4 Å². The van der Waals surface area contributed by atoms with Gasteiger partial charge in [0.25, 0.3) is 0 Å². The van der Waals surface area contributed by atoms with Crippen LogP contribution in [0.3, 0.4) is 0 Å². The monoisotopic (exact) mass is 454 g/mol. The SMILES string of the molecule is Fc1cccc(CN(c2ccc3sccc3c2)C2CCNCC2)c1.O=C(O)C(F)(F)F. The minimum atomic E-state index is -5.08. The molecule has 9 heteroatoms. The second kappa shape index (κ2) is 10.1. The number of halogens is 4. The first kappa shape index (κ1) is 23.0. The summed E-state index contributed by atoms with van der Waals surface area (Å²) < 4.78 is 46.7. The Morgan fingerprint density at radius 3 is 2.48 bits per heavy atom. The van der Waals surface area contributed by atoms with E-state index in [-0.39, 0.29) is 5.82 Å². The zero-order chi connectivity index (χ0) is 22.4. The van der Waals surface area contributed by atoms with E-state index in [0.29, 0.717) is 6.04 Å². The predicted molar refractivity (Wildman–Crippen MR) is 114 cm³/mol. The number of carboxylic acid groups (broad SMARTS) is 1. The number of hydrogen-bond acceptors (Lipinski definition) is 4. The highest BCUT2D eigenvalue weighted by Gasteiger charge is 2.38. The van der Waals surface area contributed by atoms with E-state index >= 15 is 0 Å². The van der Waals surface area contributed by atoms with Crippen molar-refractivity contribution in [3.05, 3.63) is 65.3 Å². The Balaban J connectivity index is 0.000000339. The van der Waals surface area contributed by atoms with Gasteiger partial charge in [-0.2, -0.15) is 13.2 Å². The fourth-order valence-electron chi connectivity index (χ4n) is 3.51. The molecule has 0 amide bonds. The van der Waals surface area contributed by atoms with E-state index in [1.807, 2.05) is 6.07 Å². The minimum absolute atomic E-state index is 0.161. The van der Waals surface area contributed by atoms with Crippen molar-refractivity contribution in [1.29, 1.82) is 0 Å². The molecule has 4 nitrogen and oxygen atoms in total. The lowest BCUT2D eigenvalue weighted by Gasteiger charge is -2.36. The maximum atomic E-state index is 13.6. The molecule has 1 saturated heterocycles. The summed E-state index contributed by atoms with van der Waals surface area (Å²) in [4.78, 5) is 11.3.